The third-order valence-corrected chi connectivity index (χ3v) is 3.74. The van der Waals surface area contributed by atoms with Crippen molar-refractivity contribution in [2.24, 2.45) is 4.99 Å². The second-order valence-corrected chi connectivity index (χ2v) is 6.35. The van der Waals surface area contributed by atoms with Gasteiger partial charge in [-0.1, -0.05) is 36.8 Å². The quantitative estimate of drug-likeness (QED) is 0.392. The fraction of sp³-hybridized carbons (Fsp3) is 0.611. The molecule has 0 aliphatic rings. The van der Waals surface area contributed by atoms with E-state index in [9.17, 15) is 0 Å². The summed E-state index contributed by atoms with van der Waals surface area (Å²) in [6, 6.07) is 8.71. The van der Waals surface area contributed by atoms with Crippen LogP contribution in [0, 0.1) is 6.92 Å². The highest BCUT2D eigenvalue weighted by molar-refractivity contribution is 14.0. The van der Waals surface area contributed by atoms with Gasteiger partial charge < -0.3 is 15.4 Å². The maximum atomic E-state index is 5.41. The molecule has 0 bridgehead atoms. The fourth-order valence-electron chi connectivity index (χ4n) is 1.94. The van der Waals surface area contributed by atoms with Crippen LogP contribution in [-0.2, 0) is 4.74 Å². The van der Waals surface area contributed by atoms with Gasteiger partial charge in [0.25, 0.3) is 0 Å². The first-order chi connectivity index (χ1) is 10.4. The van der Waals surface area contributed by atoms with Crippen molar-refractivity contribution in [2.75, 3.05) is 26.7 Å². The van der Waals surface area contributed by atoms with Crippen molar-refractivity contribution in [2.45, 2.75) is 46.1 Å². The molecule has 0 radical (unpaired) electrons. The molecule has 0 aliphatic heterocycles. The number of rotatable bonds is 7. The largest absolute Gasteiger partial charge is 0.377 e. The van der Waals surface area contributed by atoms with Gasteiger partial charge in [0.15, 0.2) is 5.96 Å². The maximum absolute atomic E-state index is 5.41. The molecule has 0 spiro atoms. The predicted octanol–water partition coefficient (Wildman–Crippen LogP) is 3.70. The number of benzene rings is 1. The summed E-state index contributed by atoms with van der Waals surface area (Å²) in [7, 11) is 1.72. The van der Waals surface area contributed by atoms with Crippen LogP contribution in [0.1, 0.15) is 44.7 Å². The lowest BCUT2D eigenvalue weighted by Crippen LogP contribution is -2.40. The molecular weight excluding hydrogens is 401 g/mol. The van der Waals surface area contributed by atoms with E-state index in [1.165, 1.54) is 11.1 Å². The number of hydrogen-bond acceptors (Lipinski definition) is 2. The van der Waals surface area contributed by atoms with Crippen molar-refractivity contribution in [3.8, 4) is 0 Å². The fourth-order valence-corrected chi connectivity index (χ4v) is 1.94. The Hall–Kier alpha value is -0.820. The summed E-state index contributed by atoms with van der Waals surface area (Å²) in [5, 5.41) is 6.69. The molecule has 0 heterocycles. The average molecular weight is 433 g/mol. The van der Waals surface area contributed by atoms with Crippen LogP contribution < -0.4 is 10.6 Å². The molecule has 5 heteroatoms. The van der Waals surface area contributed by atoms with Crippen molar-refractivity contribution >= 4 is 29.9 Å². The lowest BCUT2D eigenvalue weighted by atomic mass is 10.0. The highest BCUT2D eigenvalue weighted by Gasteiger charge is 2.16. The average Bonchev–Trinajstić information content (AvgIpc) is 2.50. The first kappa shape index (κ1) is 22.2. The van der Waals surface area contributed by atoms with Gasteiger partial charge in [-0.3, -0.25) is 4.99 Å². The summed E-state index contributed by atoms with van der Waals surface area (Å²) in [5.74, 6) is 1.27. The number of aryl methyl sites for hydroxylation is 1. The molecule has 1 aromatic rings. The zero-order valence-electron chi connectivity index (χ0n) is 15.3. The Morgan fingerprint density at radius 2 is 1.83 bits per heavy atom. The molecule has 1 rings (SSSR count). The molecule has 0 fully saturated rings. The van der Waals surface area contributed by atoms with Crippen LogP contribution >= 0.6 is 24.0 Å². The van der Waals surface area contributed by atoms with E-state index in [0.29, 0.717) is 12.5 Å². The minimum Gasteiger partial charge on any atom is -0.377 e. The second kappa shape index (κ2) is 10.9. The molecule has 0 amide bonds. The normalized spacial score (nSPS) is 13.2. The first-order valence-corrected chi connectivity index (χ1v) is 8.02. The van der Waals surface area contributed by atoms with Crippen LogP contribution in [0.2, 0.25) is 0 Å². The molecule has 2 N–H and O–H groups in total. The zero-order chi connectivity index (χ0) is 16.6. The van der Waals surface area contributed by atoms with Crippen LogP contribution in [-0.4, -0.2) is 38.3 Å². The second-order valence-electron chi connectivity index (χ2n) is 6.35. The van der Waals surface area contributed by atoms with Gasteiger partial charge in [-0.25, -0.2) is 0 Å². The Morgan fingerprint density at radius 3 is 2.35 bits per heavy atom. The molecular formula is C18H32IN3O. The minimum absolute atomic E-state index is 0. The van der Waals surface area contributed by atoms with E-state index in [1.807, 2.05) is 13.8 Å². The molecule has 1 atom stereocenters. The highest BCUT2D eigenvalue weighted by atomic mass is 127. The Bertz CT molecular complexity index is 472. The number of guanidine groups is 1. The van der Waals surface area contributed by atoms with Gasteiger partial charge in [0.05, 0.1) is 12.1 Å². The summed E-state index contributed by atoms with van der Waals surface area (Å²) >= 11 is 0. The third kappa shape index (κ3) is 8.55. The van der Waals surface area contributed by atoms with Gasteiger partial charge in [0.2, 0.25) is 0 Å². The van der Waals surface area contributed by atoms with E-state index in [4.69, 9.17) is 4.74 Å². The van der Waals surface area contributed by atoms with Crippen molar-refractivity contribution in [3.63, 3.8) is 0 Å². The van der Waals surface area contributed by atoms with Gasteiger partial charge in [0, 0.05) is 20.2 Å². The molecule has 0 aromatic heterocycles. The number of nitrogens with zero attached hydrogens (tertiary/aromatic N) is 1. The van der Waals surface area contributed by atoms with E-state index in [2.05, 4.69) is 60.7 Å². The van der Waals surface area contributed by atoms with E-state index < -0.39 is 0 Å². The van der Waals surface area contributed by atoms with E-state index in [1.54, 1.807) is 7.11 Å². The van der Waals surface area contributed by atoms with E-state index in [-0.39, 0.29) is 29.6 Å². The Morgan fingerprint density at radius 1 is 1.22 bits per heavy atom. The maximum Gasteiger partial charge on any atom is 0.191 e. The molecule has 0 saturated carbocycles. The minimum atomic E-state index is -0.245. The standard InChI is InChI=1S/C18H31N3O.HI/c1-7-19-17(21-13-18(4,5)22-6)20-12-15(3)16-10-8-14(2)9-11-16;/h8-11,15H,7,12-13H2,1-6H3,(H2,19,20,21);1H. The molecule has 23 heavy (non-hydrogen) atoms. The number of ether oxygens (including phenoxy) is 1. The number of hydrogen-bond donors (Lipinski definition) is 2. The molecule has 1 unspecified atom stereocenters. The number of aliphatic imine (C=N–C) groups is 1. The lowest BCUT2D eigenvalue weighted by molar-refractivity contribution is 0.0310. The van der Waals surface area contributed by atoms with E-state index >= 15 is 0 Å². The van der Waals surface area contributed by atoms with Crippen molar-refractivity contribution < 1.29 is 4.74 Å². The Labute approximate surface area is 158 Å². The smallest absolute Gasteiger partial charge is 0.191 e. The number of halogens is 1. The Balaban J connectivity index is 0.00000484. The third-order valence-electron chi connectivity index (χ3n) is 3.74. The molecule has 132 valence electrons. The van der Waals surface area contributed by atoms with Crippen molar-refractivity contribution in [1.82, 2.24) is 10.6 Å². The SMILES string of the molecule is CCNC(=NCC(C)(C)OC)NCC(C)c1ccc(C)cc1.I. The van der Waals surface area contributed by atoms with Crippen LogP contribution in [0.3, 0.4) is 0 Å². The van der Waals surface area contributed by atoms with Crippen molar-refractivity contribution in [1.29, 1.82) is 0 Å². The summed E-state index contributed by atoms with van der Waals surface area (Å²) in [4.78, 5) is 4.61. The Kier molecular flexibility index (Phi) is 10.5. The first-order valence-electron chi connectivity index (χ1n) is 8.02. The van der Waals surface area contributed by atoms with Gasteiger partial charge in [-0.05, 0) is 39.2 Å². The molecule has 0 saturated heterocycles. The summed E-state index contributed by atoms with van der Waals surface area (Å²) in [6.07, 6.45) is 0. The zero-order valence-corrected chi connectivity index (χ0v) is 17.6. The van der Waals surface area contributed by atoms with Crippen LogP contribution in [0.4, 0.5) is 0 Å². The van der Waals surface area contributed by atoms with Gasteiger partial charge >= 0.3 is 0 Å². The lowest BCUT2D eigenvalue weighted by Gasteiger charge is -2.22. The molecule has 4 nitrogen and oxygen atoms in total. The summed E-state index contributed by atoms with van der Waals surface area (Å²) in [5.41, 5.74) is 2.39. The number of methoxy groups -OCH3 is 1. The van der Waals surface area contributed by atoms with Gasteiger partial charge in [0.1, 0.15) is 0 Å². The summed E-state index contributed by atoms with van der Waals surface area (Å²) in [6.45, 7) is 12.8. The molecule has 0 aliphatic carbocycles. The topological polar surface area (TPSA) is 45.7 Å². The number of nitrogens with one attached hydrogen (secondary N) is 2. The van der Waals surface area contributed by atoms with Gasteiger partial charge in [-0.2, -0.15) is 0 Å². The van der Waals surface area contributed by atoms with Gasteiger partial charge in [-0.15, -0.1) is 24.0 Å². The van der Waals surface area contributed by atoms with Crippen molar-refractivity contribution in [3.05, 3.63) is 35.4 Å². The van der Waals surface area contributed by atoms with Crippen LogP contribution in [0.25, 0.3) is 0 Å². The van der Waals surface area contributed by atoms with Crippen LogP contribution in [0.15, 0.2) is 29.3 Å². The summed E-state index contributed by atoms with van der Waals surface area (Å²) < 4.78 is 5.41. The predicted molar refractivity (Wildman–Crippen MR) is 110 cm³/mol. The monoisotopic (exact) mass is 433 g/mol. The van der Waals surface area contributed by atoms with E-state index in [0.717, 1.165) is 19.0 Å². The van der Waals surface area contributed by atoms with Crippen LogP contribution in [0.5, 0.6) is 0 Å². The highest BCUT2D eigenvalue weighted by Crippen LogP contribution is 2.14. The molecule has 1 aromatic carbocycles.